The minimum Gasteiger partial charge on any atom is -0.496 e. The fourth-order valence-corrected chi connectivity index (χ4v) is 2.03. The molecule has 6 heteroatoms. The zero-order valence-electron chi connectivity index (χ0n) is 12.7. The standard InChI is InChI=1S/C15H20N2O4/c1-10-7-17-15(21-10)9-16-8-12-13(19-3)5-11(18-2)6-14(12)20-4/h5-7,16H,8-9H2,1-4H3. The molecule has 0 spiro atoms. The average Bonchev–Trinajstić information content (AvgIpc) is 2.92. The first-order chi connectivity index (χ1) is 10.2. The summed E-state index contributed by atoms with van der Waals surface area (Å²) in [5.41, 5.74) is 0.920. The van der Waals surface area contributed by atoms with Crippen molar-refractivity contribution in [3.63, 3.8) is 0 Å². The molecule has 114 valence electrons. The Balaban J connectivity index is 2.10. The van der Waals surface area contributed by atoms with Crippen molar-refractivity contribution in [2.45, 2.75) is 20.0 Å². The molecule has 2 rings (SSSR count). The second-order valence-corrected chi connectivity index (χ2v) is 4.48. The lowest BCUT2D eigenvalue weighted by Gasteiger charge is -2.15. The van der Waals surface area contributed by atoms with Crippen LogP contribution in [-0.2, 0) is 13.1 Å². The molecule has 0 saturated carbocycles. The molecule has 1 aromatic heterocycles. The number of aryl methyl sites for hydroxylation is 1. The first kappa shape index (κ1) is 15.2. The molecular formula is C15H20N2O4. The summed E-state index contributed by atoms with van der Waals surface area (Å²) in [6.07, 6.45) is 1.70. The van der Waals surface area contributed by atoms with E-state index in [1.54, 1.807) is 27.5 Å². The fraction of sp³-hybridized carbons (Fsp3) is 0.400. The lowest BCUT2D eigenvalue weighted by Crippen LogP contribution is -2.14. The smallest absolute Gasteiger partial charge is 0.208 e. The average molecular weight is 292 g/mol. The Bertz CT molecular complexity index is 570. The summed E-state index contributed by atoms with van der Waals surface area (Å²) in [7, 11) is 4.85. The van der Waals surface area contributed by atoms with E-state index >= 15 is 0 Å². The van der Waals surface area contributed by atoms with Gasteiger partial charge in [-0.3, -0.25) is 0 Å². The van der Waals surface area contributed by atoms with Crippen molar-refractivity contribution in [2.24, 2.45) is 0 Å². The highest BCUT2D eigenvalue weighted by Crippen LogP contribution is 2.33. The monoisotopic (exact) mass is 292 g/mol. The van der Waals surface area contributed by atoms with Crippen molar-refractivity contribution < 1.29 is 18.6 Å². The number of ether oxygens (including phenoxy) is 3. The topological polar surface area (TPSA) is 65.8 Å². The summed E-state index contributed by atoms with van der Waals surface area (Å²) in [6.45, 7) is 2.97. The van der Waals surface area contributed by atoms with Gasteiger partial charge in [-0.05, 0) is 6.92 Å². The van der Waals surface area contributed by atoms with Crippen LogP contribution in [0.4, 0.5) is 0 Å². The predicted molar refractivity (Wildman–Crippen MR) is 77.9 cm³/mol. The van der Waals surface area contributed by atoms with Crippen LogP contribution < -0.4 is 19.5 Å². The third-order valence-corrected chi connectivity index (χ3v) is 3.06. The number of rotatable bonds is 7. The van der Waals surface area contributed by atoms with Crippen LogP contribution in [0.5, 0.6) is 17.2 Å². The van der Waals surface area contributed by atoms with Gasteiger partial charge in [0.05, 0.1) is 39.6 Å². The van der Waals surface area contributed by atoms with Gasteiger partial charge in [-0.15, -0.1) is 0 Å². The quantitative estimate of drug-likeness (QED) is 0.844. The number of nitrogens with zero attached hydrogens (tertiary/aromatic N) is 1. The highest BCUT2D eigenvalue weighted by molar-refractivity contribution is 5.50. The maximum absolute atomic E-state index is 5.41. The Kier molecular flexibility index (Phi) is 5.05. The molecule has 0 amide bonds. The Morgan fingerprint density at radius 3 is 2.19 bits per heavy atom. The Labute approximate surface area is 124 Å². The van der Waals surface area contributed by atoms with Gasteiger partial charge in [-0.25, -0.2) is 4.98 Å². The van der Waals surface area contributed by atoms with E-state index < -0.39 is 0 Å². The SMILES string of the molecule is COc1cc(OC)c(CNCc2ncc(C)o2)c(OC)c1. The van der Waals surface area contributed by atoms with Crippen molar-refractivity contribution in [3.05, 3.63) is 35.5 Å². The highest BCUT2D eigenvalue weighted by atomic mass is 16.5. The van der Waals surface area contributed by atoms with Crippen LogP contribution in [0.3, 0.4) is 0 Å². The first-order valence-corrected chi connectivity index (χ1v) is 6.58. The molecule has 0 aliphatic rings. The third-order valence-electron chi connectivity index (χ3n) is 3.06. The van der Waals surface area contributed by atoms with E-state index in [2.05, 4.69) is 10.3 Å². The number of oxazole rings is 1. The van der Waals surface area contributed by atoms with E-state index in [1.807, 2.05) is 19.1 Å². The zero-order chi connectivity index (χ0) is 15.2. The molecular weight excluding hydrogens is 272 g/mol. The molecule has 0 radical (unpaired) electrons. The van der Waals surface area contributed by atoms with Gasteiger partial charge in [0.15, 0.2) is 0 Å². The maximum atomic E-state index is 5.41. The summed E-state index contributed by atoms with van der Waals surface area (Å²) in [4.78, 5) is 4.15. The fourth-order valence-electron chi connectivity index (χ4n) is 2.03. The van der Waals surface area contributed by atoms with Crippen molar-refractivity contribution in [2.75, 3.05) is 21.3 Å². The molecule has 1 N–H and O–H groups in total. The van der Waals surface area contributed by atoms with Gasteiger partial charge in [0, 0.05) is 18.7 Å². The number of benzene rings is 1. The van der Waals surface area contributed by atoms with E-state index in [9.17, 15) is 0 Å². The second kappa shape index (κ2) is 6.99. The molecule has 0 unspecified atom stereocenters. The molecule has 1 aromatic carbocycles. The van der Waals surface area contributed by atoms with E-state index in [-0.39, 0.29) is 0 Å². The van der Waals surface area contributed by atoms with Gasteiger partial charge < -0.3 is 23.9 Å². The van der Waals surface area contributed by atoms with Gasteiger partial charge >= 0.3 is 0 Å². The predicted octanol–water partition coefficient (Wildman–Crippen LogP) is 2.30. The van der Waals surface area contributed by atoms with Gasteiger partial charge in [-0.2, -0.15) is 0 Å². The zero-order valence-corrected chi connectivity index (χ0v) is 12.7. The normalized spacial score (nSPS) is 10.5. The third kappa shape index (κ3) is 3.66. The Morgan fingerprint density at radius 2 is 1.71 bits per heavy atom. The minimum atomic E-state index is 0.534. The summed E-state index contributed by atoms with van der Waals surface area (Å²) < 4.78 is 21.4. The number of aromatic nitrogens is 1. The van der Waals surface area contributed by atoms with Crippen LogP contribution in [0, 0.1) is 6.92 Å². The molecule has 1 heterocycles. The largest absolute Gasteiger partial charge is 0.496 e. The Hall–Kier alpha value is -2.21. The molecule has 0 atom stereocenters. The molecule has 0 saturated heterocycles. The molecule has 0 fully saturated rings. The van der Waals surface area contributed by atoms with Gasteiger partial charge in [0.2, 0.25) is 5.89 Å². The van der Waals surface area contributed by atoms with Crippen LogP contribution >= 0.6 is 0 Å². The molecule has 21 heavy (non-hydrogen) atoms. The van der Waals surface area contributed by atoms with Crippen molar-refractivity contribution in [1.29, 1.82) is 0 Å². The molecule has 6 nitrogen and oxygen atoms in total. The van der Waals surface area contributed by atoms with Crippen LogP contribution in [0.15, 0.2) is 22.7 Å². The second-order valence-electron chi connectivity index (χ2n) is 4.48. The summed E-state index contributed by atoms with van der Waals surface area (Å²) in [5.74, 6) is 3.56. The van der Waals surface area contributed by atoms with Crippen LogP contribution in [-0.4, -0.2) is 26.3 Å². The number of hydrogen-bond acceptors (Lipinski definition) is 6. The van der Waals surface area contributed by atoms with Crippen LogP contribution in [0.25, 0.3) is 0 Å². The van der Waals surface area contributed by atoms with Crippen LogP contribution in [0.1, 0.15) is 17.2 Å². The van der Waals surface area contributed by atoms with E-state index in [0.29, 0.717) is 36.2 Å². The van der Waals surface area contributed by atoms with Crippen molar-refractivity contribution >= 4 is 0 Å². The van der Waals surface area contributed by atoms with Crippen LogP contribution in [0.2, 0.25) is 0 Å². The Morgan fingerprint density at radius 1 is 1.05 bits per heavy atom. The van der Waals surface area contributed by atoms with Gasteiger partial charge in [0.1, 0.15) is 23.0 Å². The number of nitrogens with one attached hydrogen (secondary N) is 1. The van der Waals surface area contributed by atoms with E-state index in [0.717, 1.165) is 11.3 Å². The van der Waals surface area contributed by atoms with Crippen molar-refractivity contribution in [3.8, 4) is 17.2 Å². The van der Waals surface area contributed by atoms with Gasteiger partial charge in [-0.1, -0.05) is 0 Å². The molecule has 0 bridgehead atoms. The minimum absolute atomic E-state index is 0.534. The summed E-state index contributed by atoms with van der Waals surface area (Å²) >= 11 is 0. The lowest BCUT2D eigenvalue weighted by atomic mass is 10.1. The highest BCUT2D eigenvalue weighted by Gasteiger charge is 2.13. The lowest BCUT2D eigenvalue weighted by molar-refractivity contribution is 0.365. The van der Waals surface area contributed by atoms with Crippen molar-refractivity contribution in [1.82, 2.24) is 10.3 Å². The molecule has 2 aromatic rings. The number of hydrogen-bond donors (Lipinski definition) is 1. The summed E-state index contributed by atoms with van der Waals surface area (Å²) in [5, 5.41) is 3.26. The van der Waals surface area contributed by atoms with E-state index in [1.165, 1.54) is 0 Å². The van der Waals surface area contributed by atoms with Gasteiger partial charge in [0.25, 0.3) is 0 Å². The number of methoxy groups -OCH3 is 3. The van der Waals surface area contributed by atoms with E-state index in [4.69, 9.17) is 18.6 Å². The maximum Gasteiger partial charge on any atom is 0.208 e. The molecule has 0 aliphatic heterocycles. The first-order valence-electron chi connectivity index (χ1n) is 6.58. The summed E-state index contributed by atoms with van der Waals surface area (Å²) in [6, 6.07) is 3.66. The molecule has 0 aliphatic carbocycles.